The number of aliphatic hydroxyl groups excluding tert-OH is 1. The standard InChI is InChI=1S/C26H38N2O6/c1-4-5-9-14-27-15-11-13-26-19(22(30)28(18(2)17-29)21(26)23(27)31)20-24(32)33-16-10-7-6-8-12-25(20,3)34-26/h8,11-13,18-21,29H,4-7,9-10,14-17H2,1-3H3/b12-8-/t18-,19+,20+,21?,25-,26+/m1/s1. The van der Waals surface area contributed by atoms with E-state index in [1.807, 2.05) is 31.2 Å². The summed E-state index contributed by atoms with van der Waals surface area (Å²) in [5, 5.41) is 9.97. The molecule has 0 bridgehead atoms. The number of cyclic esters (lactones) is 1. The minimum atomic E-state index is -1.30. The van der Waals surface area contributed by atoms with Crippen LogP contribution < -0.4 is 0 Å². The van der Waals surface area contributed by atoms with Crippen LogP contribution in [0.25, 0.3) is 0 Å². The van der Waals surface area contributed by atoms with E-state index in [0.29, 0.717) is 19.7 Å². The molecule has 0 aromatic carbocycles. The second-order valence-electron chi connectivity index (χ2n) is 10.2. The van der Waals surface area contributed by atoms with Crippen LogP contribution in [0.3, 0.4) is 0 Å². The maximum absolute atomic E-state index is 14.0. The summed E-state index contributed by atoms with van der Waals surface area (Å²) < 4.78 is 12.3. The minimum Gasteiger partial charge on any atom is -0.465 e. The average molecular weight is 475 g/mol. The molecule has 2 amide bonds. The van der Waals surface area contributed by atoms with Gasteiger partial charge in [0.1, 0.15) is 17.6 Å². The van der Waals surface area contributed by atoms with Crippen molar-refractivity contribution >= 4 is 17.8 Å². The van der Waals surface area contributed by atoms with Crippen molar-refractivity contribution in [3.05, 3.63) is 24.3 Å². The largest absolute Gasteiger partial charge is 0.465 e. The third-order valence-electron chi connectivity index (χ3n) is 7.79. The smallest absolute Gasteiger partial charge is 0.313 e. The molecule has 4 aliphatic heterocycles. The Kier molecular flexibility index (Phi) is 7.20. The fourth-order valence-electron chi connectivity index (χ4n) is 6.10. The average Bonchev–Trinajstić information content (AvgIpc) is 3.15. The summed E-state index contributed by atoms with van der Waals surface area (Å²) in [5.41, 5.74) is -2.38. The normalized spacial score (nSPS) is 37.5. The van der Waals surface area contributed by atoms with Crippen molar-refractivity contribution in [1.82, 2.24) is 9.80 Å². The van der Waals surface area contributed by atoms with Gasteiger partial charge in [0.25, 0.3) is 0 Å². The summed E-state index contributed by atoms with van der Waals surface area (Å²) in [6, 6.07) is -1.53. The van der Waals surface area contributed by atoms with Crippen molar-refractivity contribution in [3.63, 3.8) is 0 Å². The maximum Gasteiger partial charge on any atom is 0.313 e. The number of fused-ring (bicyclic) bond motifs is 2. The lowest BCUT2D eigenvalue weighted by molar-refractivity contribution is -0.161. The van der Waals surface area contributed by atoms with E-state index in [9.17, 15) is 19.5 Å². The van der Waals surface area contributed by atoms with Crippen LogP contribution in [-0.4, -0.2) is 82.3 Å². The van der Waals surface area contributed by atoms with E-state index in [1.54, 1.807) is 11.8 Å². The monoisotopic (exact) mass is 474 g/mol. The van der Waals surface area contributed by atoms with Gasteiger partial charge in [-0.2, -0.15) is 0 Å². The molecule has 8 heteroatoms. The molecule has 1 unspecified atom stereocenters. The van der Waals surface area contributed by atoms with Crippen LogP contribution in [0.2, 0.25) is 0 Å². The highest BCUT2D eigenvalue weighted by Gasteiger charge is 2.75. The Morgan fingerprint density at radius 1 is 1.12 bits per heavy atom. The van der Waals surface area contributed by atoms with E-state index >= 15 is 0 Å². The van der Waals surface area contributed by atoms with Crippen molar-refractivity contribution in [1.29, 1.82) is 0 Å². The summed E-state index contributed by atoms with van der Waals surface area (Å²) in [6.45, 7) is 6.68. The molecule has 0 aromatic heterocycles. The van der Waals surface area contributed by atoms with Crippen LogP contribution in [0.5, 0.6) is 0 Å². The van der Waals surface area contributed by atoms with E-state index in [4.69, 9.17) is 9.47 Å². The van der Waals surface area contributed by atoms with Gasteiger partial charge in [0, 0.05) is 13.1 Å². The SMILES string of the molecule is CCCCCN1CC=C[C@]23O[C@]4(C)/C=C\CCCCOC(=O)[C@@H]4[C@H]2C(=O)N([C@H](C)CO)C3C1=O. The van der Waals surface area contributed by atoms with Gasteiger partial charge in [0.05, 0.1) is 30.8 Å². The van der Waals surface area contributed by atoms with Gasteiger partial charge in [0.15, 0.2) is 0 Å². The number of rotatable bonds is 6. The molecule has 188 valence electrons. The first-order valence-corrected chi connectivity index (χ1v) is 12.7. The molecule has 34 heavy (non-hydrogen) atoms. The molecule has 6 atom stereocenters. The molecule has 0 radical (unpaired) electrons. The highest BCUT2D eigenvalue weighted by molar-refractivity contribution is 5.99. The van der Waals surface area contributed by atoms with Gasteiger partial charge in [-0.25, -0.2) is 0 Å². The van der Waals surface area contributed by atoms with E-state index in [2.05, 4.69) is 6.92 Å². The first-order chi connectivity index (χ1) is 16.3. The van der Waals surface area contributed by atoms with Crippen LogP contribution in [-0.2, 0) is 23.9 Å². The highest BCUT2D eigenvalue weighted by Crippen LogP contribution is 2.57. The number of likely N-dealkylation sites (tertiary alicyclic amines) is 1. The lowest BCUT2D eigenvalue weighted by Crippen LogP contribution is -2.58. The zero-order valence-electron chi connectivity index (χ0n) is 20.6. The molecule has 0 aromatic rings. The molecule has 4 aliphatic rings. The predicted octanol–water partition coefficient (Wildman–Crippen LogP) is 2.21. The molecule has 0 saturated carbocycles. The Morgan fingerprint density at radius 3 is 2.65 bits per heavy atom. The number of nitrogens with zero attached hydrogens (tertiary/aromatic N) is 2. The second-order valence-corrected chi connectivity index (χ2v) is 10.2. The van der Waals surface area contributed by atoms with Gasteiger partial charge in [0.2, 0.25) is 11.8 Å². The van der Waals surface area contributed by atoms with Crippen LogP contribution in [0.15, 0.2) is 24.3 Å². The van der Waals surface area contributed by atoms with Crippen molar-refractivity contribution in [2.24, 2.45) is 11.8 Å². The molecular weight excluding hydrogens is 436 g/mol. The maximum atomic E-state index is 14.0. The Bertz CT molecular complexity index is 871. The molecule has 4 heterocycles. The summed E-state index contributed by atoms with van der Waals surface area (Å²) in [5.74, 6) is -2.77. The Hall–Kier alpha value is -2.19. The Labute approximate surface area is 201 Å². The molecule has 1 spiro atoms. The van der Waals surface area contributed by atoms with Crippen LogP contribution in [0.4, 0.5) is 0 Å². The lowest BCUT2D eigenvalue weighted by atomic mass is 9.74. The fourth-order valence-corrected chi connectivity index (χ4v) is 6.10. The van der Waals surface area contributed by atoms with Gasteiger partial charge in [-0.1, -0.05) is 44.1 Å². The Balaban J connectivity index is 1.81. The number of carbonyl (C=O) groups is 3. The van der Waals surface area contributed by atoms with Gasteiger partial charge >= 0.3 is 5.97 Å². The van der Waals surface area contributed by atoms with Crippen LogP contribution >= 0.6 is 0 Å². The number of amides is 2. The van der Waals surface area contributed by atoms with Gasteiger partial charge in [-0.15, -0.1) is 0 Å². The van der Waals surface area contributed by atoms with E-state index in [0.717, 1.165) is 38.5 Å². The first-order valence-electron chi connectivity index (χ1n) is 12.7. The Morgan fingerprint density at radius 2 is 1.91 bits per heavy atom. The third-order valence-corrected chi connectivity index (χ3v) is 7.79. The number of aliphatic hydroxyl groups is 1. The van der Waals surface area contributed by atoms with Crippen molar-refractivity contribution in [3.8, 4) is 0 Å². The third kappa shape index (κ3) is 3.98. The van der Waals surface area contributed by atoms with E-state index in [-0.39, 0.29) is 18.4 Å². The molecule has 0 aliphatic carbocycles. The van der Waals surface area contributed by atoms with E-state index in [1.165, 1.54) is 4.90 Å². The molecule has 4 rings (SSSR count). The summed E-state index contributed by atoms with van der Waals surface area (Å²) in [6.07, 6.45) is 13.0. The van der Waals surface area contributed by atoms with Gasteiger partial charge < -0.3 is 24.4 Å². The van der Waals surface area contributed by atoms with Gasteiger partial charge in [-0.3, -0.25) is 14.4 Å². The van der Waals surface area contributed by atoms with Gasteiger partial charge in [-0.05, 0) is 39.5 Å². The van der Waals surface area contributed by atoms with Crippen LogP contribution in [0, 0.1) is 11.8 Å². The lowest BCUT2D eigenvalue weighted by Gasteiger charge is -2.39. The molecule has 2 saturated heterocycles. The summed E-state index contributed by atoms with van der Waals surface area (Å²) in [4.78, 5) is 44.5. The van der Waals surface area contributed by atoms with Crippen molar-refractivity contribution in [2.45, 2.75) is 82.6 Å². The number of ether oxygens (including phenoxy) is 2. The number of hydrogen-bond acceptors (Lipinski definition) is 6. The number of allylic oxidation sites excluding steroid dienone is 1. The van der Waals surface area contributed by atoms with Crippen molar-refractivity contribution < 1.29 is 29.0 Å². The molecule has 2 fully saturated rings. The highest BCUT2D eigenvalue weighted by atomic mass is 16.6. The minimum absolute atomic E-state index is 0.193. The quantitative estimate of drug-likeness (QED) is 0.360. The zero-order valence-corrected chi connectivity index (χ0v) is 20.6. The number of carbonyl (C=O) groups excluding carboxylic acids is 3. The molecule has 1 N–H and O–H groups in total. The topological polar surface area (TPSA) is 96.4 Å². The predicted molar refractivity (Wildman–Crippen MR) is 126 cm³/mol. The van der Waals surface area contributed by atoms with E-state index < -0.39 is 41.1 Å². The molecule has 8 nitrogen and oxygen atoms in total. The number of esters is 1. The first kappa shape index (κ1) is 24.9. The number of hydrogen-bond donors (Lipinski definition) is 1. The molecular formula is C26H38N2O6. The van der Waals surface area contributed by atoms with Crippen LogP contribution in [0.1, 0.15) is 59.3 Å². The number of unbranched alkanes of at least 4 members (excludes halogenated alkanes) is 2. The second kappa shape index (κ2) is 9.82. The van der Waals surface area contributed by atoms with Crippen molar-refractivity contribution in [2.75, 3.05) is 26.3 Å². The summed E-state index contributed by atoms with van der Waals surface area (Å²) >= 11 is 0. The zero-order chi connectivity index (χ0) is 24.5. The fraction of sp³-hybridized carbons (Fsp3) is 0.731. The summed E-state index contributed by atoms with van der Waals surface area (Å²) in [7, 11) is 0.